The molecule has 0 amide bonds. The first kappa shape index (κ1) is 13.9. The number of hydrogen-bond donors (Lipinski definition) is 1. The Morgan fingerprint density at radius 2 is 1.59 bits per heavy atom. The first-order valence-electron chi connectivity index (χ1n) is 6.63. The van der Waals surface area contributed by atoms with Gasteiger partial charge in [-0.25, -0.2) is 9.18 Å². The lowest BCUT2D eigenvalue weighted by Crippen LogP contribution is -2.10. The lowest BCUT2D eigenvalue weighted by Gasteiger charge is -2.09. The number of rotatable bonds is 3. The van der Waals surface area contributed by atoms with E-state index in [0.29, 0.717) is 10.9 Å². The van der Waals surface area contributed by atoms with Crippen molar-refractivity contribution in [3.05, 3.63) is 83.2 Å². The van der Waals surface area contributed by atoms with Crippen LogP contribution in [0.2, 0.25) is 0 Å². The minimum Gasteiger partial charge on any atom is -0.478 e. The van der Waals surface area contributed by atoms with Gasteiger partial charge in [-0.1, -0.05) is 42.5 Å². The number of ketones is 1. The van der Waals surface area contributed by atoms with Crippen molar-refractivity contribution in [1.82, 2.24) is 0 Å². The van der Waals surface area contributed by atoms with Crippen molar-refractivity contribution >= 4 is 22.5 Å². The van der Waals surface area contributed by atoms with E-state index in [2.05, 4.69) is 0 Å². The number of benzene rings is 3. The number of carbonyl (C=O) groups excluding carboxylic acids is 1. The lowest BCUT2D eigenvalue weighted by molar-refractivity contribution is 0.0695. The minimum absolute atomic E-state index is 0.0526. The van der Waals surface area contributed by atoms with Gasteiger partial charge in [0.2, 0.25) is 0 Å². The quantitative estimate of drug-likeness (QED) is 0.745. The molecule has 0 saturated carbocycles. The molecule has 0 unspecified atom stereocenters. The first-order valence-corrected chi connectivity index (χ1v) is 6.63. The molecule has 0 fully saturated rings. The minimum atomic E-state index is -1.25. The molecule has 4 heteroatoms. The molecule has 3 aromatic rings. The molecule has 108 valence electrons. The summed E-state index contributed by atoms with van der Waals surface area (Å²) in [6, 6.07) is 15.4. The Balaban J connectivity index is 2.28. The fourth-order valence-corrected chi connectivity index (χ4v) is 2.46. The van der Waals surface area contributed by atoms with Crippen molar-refractivity contribution in [3.63, 3.8) is 0 Å². The van der Waals surface area contributed by atoms with Crippen LogP contribution in [0.5, 0.6) is 0 Å². The molecule has 0 aliphatic heterocycles. The van der Waals surface area contributed by atoms with Crippen LogP contribution in [-0.2, 0) is 0 Å². The number of aromatic carboxylic acids is 1. The van der Waals surface area contributed by atoms with Gasteiger partial charge in [-0.3, -0.25) is 4.79 Å². The van der Waals surface area contributed by atoms with Crippen molar-refractivity contribution < 1.29 is 19.1 Å². The van der Waals surface area contributed by atoms with Crippen LogP contribution in [0.1, 0.15) is 26.3 Å². The maximum atomic E-state index is 13.5. The van der Waals surface area contributed by atoms with Crippen molar-refractivity contribution in [2.45, 2.75) is 0 Å². The lowest BCUT2D eigenvalue weighted by atomic mass is 9.93. The summed E-state index contributed by atoms with van der Waals surface area (Å²) in [5.41, 5.74) is 0.267. The summed E-state index contributed by atoms with van der Waals surface area (Å²) >= 11 is 0. The van der Waals surface area contributed by atoms with E-state index in [4.69, 9.17) is 0 Å². The third kappa shape index (κ3) is 2.35. The molecule has 0 heterocycles. The summed E-state index contributed by atoms with van der Waals surface area (Å²) in [6.07, 6.45) is 0. The topological polar surface area (TPSA) is 54.4 Å². The van der Waals surface area contributed by atoms with Gasteiger partial charge in [-0.2, -0.15) is 0 Å². The zero-order valence-corrected chi connectivity index (χ0v) is 11.4. The highest BCUT2D eigenvalue weighted by Gasteiger charge is 2.20. The number of halogens is 1. The monoisotopic (exact) mass is 294 g/mol. The average molecular weight is 294 g/mol. The van der Waals surface area contributed by atoms with Gasteiger partial charge >= 0.3 is 5.97 Å². The third-order valence-electron chi connectivity index (χ3n) is 3.48. The predicted octanol–water partition coefficient (Wildman–Crippen LogP) is 3.91. The summed E-state index contributed by atoms with van der Waals surface area (Å²) < 4.78 is 13.5. The average Bonchev–Trinajstić information content (AvgIpc) is 2.53. The molecule has 22 heavy (non-hydrogen) atoms. The van der Waals surface area contributed by atoms with E-state index in [0.717, 1.165) is 6.07 Å². The van der Waals surface area contributed by atoms with E-state index < -0.39 is 17.6 Å². The van der Waals surface area contributed by atoms with Gasteiger partial charge in [0, 0.05) is 11.1 Å². The largest absolute Gasteiger partial charge is 0.478 e. The van der Waals surface area contributed by atoms with Crippen LogP contribution in [0.25, 0.3) is 10.8 Å². The SMILES string of the molecule is O=C(c1ccccc1)c1ccc2ccc(F)cc2c1C(=O)O. The summed E-state index contributed by atoms with van der Waals surface area (Å²) in [5, 5.41) is 10.3. The normalized spacial score (nSPS) is 10.6. The van der Waals surface area contributed by atoms with E-state index >= 15 is 0 Å². The van der Waals surface area contributed by atoms with Crippen LogP contribution in [0.3, 0.4) is 0 Å². The van der Waals surface area contributed by atoms with Gasteiger partial charge in [0.25, 0.3) is 0 Å². The standard InChI is InChI=1S/C18H11FO3/c19-13-8-6-11-7-9-14(16(18(21)22)15(11)10-13)17(20)12-4-2-1-3-5-12/h1-10H,(H,21,22). The summed E-state index contributed by atoms with van der Waals surface area (Å²) in [6.45, 7) is 0. The Morgan fingerprint density at radius 1 is 0.909 bits per heavy atom. The van der Waals surface area contributed by atoms with Crippen LogP contribution in [0, 0.1) is 5.82 Å². The fourth-order valence-electron chi connectivity index (χ4n) is 2.46. The maximum absolute atomic E-state index is 13.5. The van der Waals surface area contributed by atoms with Crippen LogP contribution >= 0.6 is 0 Å². The second-order valence-electron chi connectivity index (χ2n) is 4.85. The molecule has 3 rings (SSSR count). The van der Waals surface area contributed by atoms with Gasteiger partial charge in [0.05, 0.1) is 5.56 Å². The molecule has 1 N–H and O–H groups in total. The molecule has 0 aromatic heterocycles. The maximum Gasteiger partial charge on any atom is 0.337 e. The molecule has 0 spiro atoms. The number of carbonyl (C=O) groups is 2. The summed E-state index contributed by atoms with van der Waals surface area (Å²) in [5.74, 6) is -2.20. The van der Waals surface area contributed by atoms with Gasteiger partial charge in [0.15, 0.2) is 5.78 Å². The zero-order chi connectivity index (χ0) is 15.7. The highest BCUT2D eigenvalue weighted by Crippen LogP contribution is 2.25. The molecule has 3 nitrogen and oxygen atoms in total. The Labute approximate surface area is 125 Å². The second kappa shape index (κ2) is 5.41. The van der Waals surface area contributed by atoms with Crippen molar-refractivity contribution in [2.24, 2.45) is 0 Å². The predicted molar refractivity (Wildman–Crippen MR) is 80.7 cm³/mol. The molecule has 0 saturated heterocycles. The molecular formula is C18H11FO3. The van der Waals surface area contributed by atoms with Crippen molar-refractivity contribution in [1.29, 1.82) is 0 Å². The Bertz CT molecular complexity index is 885. The summed E-state index contributed by atoms with van der Waals surface area (Å²) in [4.78, 5) is 24.2. The molecule has 0 aliphatic rings. The number of hydrogen-bond acceptors (Lipinski definition) is 2. The highest BCUT2D eigenvalue weighted by molar-refractivity contribution is 6.18. The number of carboxylic acids is 1. The van der Waals surface area contributed by atoms with Crippen LogP contribution < -0.4 is 0 Å². The van der Waals surface area contributed by atoms with Crippen LogP contribution in [0.15, 0.2) is 60.7 Å². The molecule has 3 aromatic carbocycles. The number of carboxylic acid groups (broad SMARTS) is 1. The van der Waals surface area contributed by atoms with Crippen LogP contribution in [-0.4, -0.2) is 16.9 Å². The van der Waals surface area contributed by atoms with Gasteiger partial charge in [-0.05, 0) is 29.0 Å². The third-order valence-corrected chi connectivity index (χ3v) is 3.48. The Hall–Kier alpha value is -3.01. The Morgan fingerprint density at radius 3 is 2.27 bits per heavy atom. The molecule has 0 bridgehead atoms. The Kier molecular flexibility index (Phi) is 3.43. The highest BCUT2D eigenvalue weighted by atomic mass is 19.1. The zero-order valence-electron chi connectivity index (χ0n) is 11.4. The van der Waals surface area contributed by atoms with Gasteiger partial charge in [-0.15, -0.1) is 0 Å². The smallest absolute Gasteiger partial charge is 0.337 e. The molecule has 0 radical (unpaired) electrons. The van der Waals surface area contributed by atoms with E-state index in [9.17, 15) is 19.1 Å². The van der Waals surface area contributed by atoms with Crippen molar-refractivity contribution in [2.75, 3.05) is 0 Å². The summed E-state index contributed by atoms with van der Waals surface area (Å²) in [7, 11) is 0. The van der Waals surface area contributed by atoms with Gasteiger partial charge < -0.3 is 5.11 Å². The molecule has 0 aliphatic carbocycles. The van der Waals surface area contributed by atoms with E-state index in [-0.39, 0.29) is 16.5 Å². The number of fused-ring (bicyclic) bond motifs is 1. The first-order chi connectivity index (χ1) is 10.6. The van der Waals surface area contributed by atoms with E-state index in [1.807, 2.05) is 0 Å². The van der Waals surface area contributed by atoms with Crippen LogP contribution in [0.4, 0.5) is 4.39 Å². The fraction of sp³-hybridized carbons (Fsp3) is 0. The van der Waals surface area contributed by atoms with Gasteiger partial charge in [0.1, 0.15) is 5.82 Å². The van der Waals surface area contributed by atoms with E-state index in [1.54, 1.807) is 36.4 Å². The van der Waals surface area contributed by atoms with E-state index in [1.165, 1.54) is 18.2 Å². The molecular weight excluding hydrogens is 283 g/mol. The van der Waals surface area contributed by atoms with Crippen molar-refractivity contribution in [3.8, 4) is 0 Å². The second-order valence-corrected chi connectivity index (χ2v) is 4.85. The molecule has 0 atom stereocenters.